The Kier molecular flexibility index (Phi) is 11.5. The van der Waals surface area contributed by atoms with E-state index in [9.17, 15) is 19.2 Å². The maximum atomic E-state index is 15.2. The predicted molar refractivity (Wildman–Crippen MR) is 167 cm³/mol. The van der Waals surface area contributed by atoms with Crippen molar-refractivity contribution in [1.29, 1.82) is 5.26 Å². The molecule has 0 bridgehead atoms. The van der Waals surface area contributed by atoms with Gasteiger partial charge in [-0.05, 0) is 67.6 Å². The number of carbonyl (C=O) groups is 2. The van der Waals surface area contributed by atoms with Crippen molar-refractivity contribution < 1.29 is 22.8 Å². The van der Waals surface area contributed by atoms with Gasteiger partial charge in [0.25, 0.3) is 5.91 Å². The Morgan fingerprint density at radius 3 is 2.36 bits per heavy atom. The van der Waals surface area contributed by atoms with E-state index < -0.39 is 34.7 Å². The molecule has 11 heteroatoms. The van der Waals surface area contributed by atoms with E-state index in [1.807, 2.05) is 6.92 Å². The molecule has 2 unspecified atom stereocenters. The summed E-state index contributed by atoms with van der Waals surface area (Å²) in [7, 11) is 0. The van der Waals surface area contributed by atoms with Crippen LogP contribution in [0.15, 0.2) is 54.6 Å². The molecule has 3 N–H and O–H groups in total. The lowest BCUT2D eigenvalue weighted by molar-refractivity contribution is -0.105. The highest BCUT2D eigenvalue weighted by Gasteiger charge is 2.58. The van der Waals surface area contributed by atoms with Crippen molar-refractivity contribution in [2.24, 2.45) is 5.41 Å². The van der Waals surface area contributed by atoms with Crippen molar-refractivity contribution in [3.63, 3.8) is 0 Å². The molecule has 44 heavy (non-hydrogen) atoms. The summed E-state index contributed by atoms with van der Waals surface area (Å²) in [5, 5.41) is 19.0. The van der Waals surface area contributed by atoms with Gasteiger partial charge in [-0.3, -0.25) is 9.59 Å². The number of rotatable bonds is 7. The number of nitrogens with zero attached hydrogens (tertiary/aromatic N) is 1. The van der Waals surface area contributed by atoms with Gasteiger partial charge in [0.05, 0.1) is 16.7 Å². The molecule has 6 nitrogen and oxygen atoms in total. The number of halogens is 5. The SMILES string of the molecule is CCNC(=O)c1ccc(NC=O)cc1F.C[C@@H]1NC(CC(C)(C)C)[C@](C#N)(c2ccc(Cl)cc2F)C1c1cccc(Cl)c1F. The molecule has 1 fully saturated rings. The number of anilines is 1. The Morgan fingerprint density at radius 1 is 1.09 bits per heavy atom. The highest BCUT2D eigenvalue weighted by Crippen LogP contribution is 2.52. The summed E-state index contributed by atoms with van der Waals surface area (Å²) < 4.78 is 43.6. The Bertz CT molecular complexity index is 1560. The summed E-state index contributed by atoms with van der Waals surface area (Å²) in [5.74, 6) is -2.89. The van der Waals surface area contributed by atoms with Gasteiger partial charge in [-0.2, -0.15) is 5.26 Å². The fourth-order valence-electron chi connectivity index (χ4n) is 5.76. The lowest BCUT2D eigenvalue weighted by Crippen LogP contribution is -2.44. The average Bonchev–Trinajstić information content (AvgIpc) is 3.20. The van der Waals surface area contributed by atoms with Gasteiger partial charge in [0, 0.05) is 40.8 Å². The average molecular weight is 648 g/mol. The molecule has 0 aromatic heterocycles. The van der Waals surface area contributed by atoms with E-state index in [0.29, 0.717) is 30.6 Å². The lowest BCUT2D eigenvalue weighted by atomic mass is 9.63. The van der Waals surface area contributed by atoms with Gasteiger partial charge < -0.3 is 16.0 Å². The van der Waals surface area contributed by atoms with Gasteiger partial charge >= 0.3 is 0 Å². The van der Waals surface area contributed by atoms with Crippen LogP contribution in [0.4, 0.5) is 18.9 Å². The Labute approximate surface area is 265 Å². The largest absolute Gasteiger partial charge is 0.352 e. The maximum Gasteiger partial charge on any atom is 0.254 e. The lowest BCUT2D eigenvalue weighted by Gasteiger charge is -2.37. The molecule has 2 amide bonds. The van der Waals surface area contributed by atoms with Gasteiger partial charge in [0.15, 0.2) is 0 Å². The van der Waals surface area contributed by atoms with Crippen LogP contribution in [0.2, 0.25) is 10.0 Å². The quantitative estimate of drug-likeness (QED) is 0.229. The Morgan fingerprint density at radius 2 is 1.80 bits per heavy atom. The molecule has 4 rings (SSSR count). The zero-order valence-corrected chi connectivity index (χ0v) is 26.6. The van der Waals surface area contributed by atoms with Crippen LogP contribution in [0.25, 0.3) is 0 Å². The minimum Gasteiger partial charge on any atom is -0.352 e. The van der Waals surface area contributed by atoms with Gasteiger partial charge in [-0.15, -0.1) is 0 Å². The molecule has 1 saturated heterocycles. The summed E-state index contributed by atoms with van der Waals surface area (Å²) >= 11 is 12.0. The zero-order chi connectivity index (χ0) is 32.8. The van der Waals surface area contributed by atoms with Crippen LogP contribution in [0.1, 0.15) is 68.4 Å². The van der Waals surface area contributed by atoms with Crippen LogP contribution in [0.3, 0.4) is 0 Å². The fraction of sp³-hybridized carbons (Fsp3) is 0.364. The van der Waals surface area contributed by atoms with Crippen LogP contribution in [-0.2, 0) is 10.2 Å². The van der Waals surface area contributed by atoms with Gasteiger partial charge in [-0.1, -0.05) is 62.2 Å². The third-order valence-corrected chi connectivity index (χ3v) is 8.00. The van der Waals surface area contributed by atoms with Crippen molar-refractivity contribution >= 4 is 41.2 Å². The normalized spacial score (nSPS) is 21.1. The summed E-state index contributed by atoms with van der Waals surface area (Å²) in [6.07, 6.45) is 1.05. The van der Waals surface area contributed by atoms with E-state index in [2.05, 4.69) is 42.8 Å². The first-order chi connectivity index (χ1) is 20.7. The summed E-state index contributed by atoms with van der Waals surface area (Å²) in [6.45, 7) is 10.3. The molecule has 0 spiro atoms. The molecule has 3 aromatic carbocycles. The predicted octanol–water partition coefficient (Wildman–Crippen LogP) is 7.76. The summed E-state index contributed by atoms with van der Waals surface area (Å²) in [5.41, 5.74) is -0.648. The number of hydrogen-bond donors (Lipinski definition) is 3. The molecule has 234 valence electrons. The van der Waals surface area contributed by atoms with Crippen molar-refractivity contribution in [2.45, 2.75) is 64.5 Å². The van der Waals surface area contributed by atoms with E-state index >= 15 is 8.78 Å². The zero-order valence-electron chi connectivity index (χ0n) is 25.1. The first kappa shape index (κ1) is 34.9. The smallest absolute Gasteiger partial charge is 0.254 e. The van der Waals surface area contributed by atoms with Crippen LogP contribution < -0.4 is 16.0 Å². The van der Waals surface area contributed by atoms with Gasteiger partial charge in [0.1, 0.15) is 22.9 Å². The van der Waals surface area contributed by atoms with Crippen LogP contribution in [0.5, 0.6) is 0 Å². The molecule has 1 heterocycles. The van der Waals surface area contributed by atoms with Crippen LogP contribution in [-0.4, -0.2) is 30.9 Å². The molecular weight excluding hydrogens is 612 g/mol. The van der Waals surface area contributed by atoms with E-state index in [1.165, 1.54) is 24.3 Å². The van der Waals surface area contributed by atoms with E-state index in [0.717, 1.165) is 6.07 Å². The number of nitriles is 1. The summed E-state index contributed by atoms with van der Waals surface area (Å²) in [6, 6.07) is 14.7. The van der Waals surface area contributed by atoms with Gasteiger partial charge in [0.2, 0.25) is 6.41 Å². The second kappa shape index (κ2) is 14.5. The molecule has 1 aliphatic rings. The van der Waals surface area contributed by atoms with Crippen LogP contribution >= 0.6 is 23.2 Å². The molecule has 0 saturated carbocycles. The van der Waals surface area contributed by atoms with Crippen molar-refractivity contribution in [1.82, 2.24) is 10.6 Å². The van der Waals surface area contributed by atoms with Crippen LogP contribution in [0, 0.1) is 34.2 Å². The molecule has 1 aliphatic heterocycles. The van der Waals surface area contributed by atoms with E-state index in [1.54, 1.807) is 31.2 Å². The van der Waals surface area contributed by atoms with Crippen molar-refractivity contribution in [3.8, 4) is 6.07 Å². The number of amides is 2. The molecule has 0 radical (unpaired) electrons. The monoisotopic (exact) mass is 646 g/mol. The third kappa shape index (κ3) is 7.55. The molecule has 3 aromatic rings. The summed E-state index contributed by atoms with van der Waals surface area (Å²) in [4.78, 5) is 21.4. The minimum absolute atomic E-state index is 0.0163. The second-order valence-corrected chi connectivity index (χ2v) is 12.7. The number of benzene rings is 3. The first-order valence-electron chi connectivity index (χ1n) is 14.0. The van der Waals surface area contributed by atoms with E-state index in [4.69, 9.17) is 23.2 Å². The number of carbonyl (C=O) groups excluding carboxylic acids is 2. The molecule has 0 aliphatic carbocycles. The molecule has 4 atom stereocenters. The maximum absolute atomic E-state index is 15.2. The number of hydrogen-bond acceptors (Lipinski definition) is 4. The highest BCUT2D eigenvalue weighted by atomic mass is 35.5. The number of nitrogens with one attached hydrogen (secondary N) is 3. The molecular formula is C33H35Cl2F3N4O2. The Hall–Kier alpha value is -3.58. The van der Waals surface area contributed by atoms with Gasteiger partial charge in [-0.25, -0.2) is 13.2 Å². The fourth-order valence-corrected chi connectivity index (χ4v) is 6.11. The first-order valence-corrected chi connectivity index (χ1v) is 14.8. The second-order valence-electron chi connectivity index (χ2n) is 11.8. The standard InChI is InChI=1S/C23H24Cl2F2N2.C10H11FN2O2/c1-13-20(15-6-5-7-17(25)21(15)27)23(12-28,19(29-13)11-22(2,3)4)16-9-8-14(24)10-18(16)26;1-2-12-10(15)8-4-3-7(13-6-14)5-9(8)11/h5-10,13,19-20,29H,11H2,1-4H3;3-6H,2H2,1H3,(H,12,15)(H,13,14)/t13-,19?,20?,23-;/m0./s1. The highest BCUT2D eigenvalue weighted by molar-refractivity contribution is 6.31. The topological polar surface area (TPSA) is 94.0 Å². The Balaban J connectivity index is 0.000000297. The van der Waals surface area contributed by atoms with E-state index in [-0.39, 0.29) is 38.7 Å². The van der Waals surface area contributed by atoms with Crippen molar-refractivity contribution in [3.05, 3.63) is 98.8 Å². The van der Waals surface area contributed by atoms with Crippen molar-refractivity contribution in [2.75, 3.05) is 11.9 Å². The minimum atomic E-state index is -1.33. The third-order valence-electron chi connectivity index (χ3n) is 7.48.